The second-order valence-electron chi connectivity index (χ2n) is 7.74. The molecule has 0 spiro atoms. The summed E-state index contributed by atoms with van der Waals surface area (Å²) >= 11 is 11.8. The van der Waals surface area contributed by atoms with E-state index in [1.54, 1.807) is 24.3 Å². The van der Waals surface area contributed by atoms with Crippen LogP contribution in [0.3, 0.4) is 0 Å². The summed E-state index contributed by atoms with van der Waals surface area (Å²) < 4.78 is 0. The standard InChI is InChI=1S/C23H25Cl2N3O4/c24-17-5-1-15(2-6-17)9-11-26-21(29)19-13-28(23(31)32)14-20(19)22(30)27-12-10-16-3-7-18(25)8-4-16/h1-8,19-20H,9-14H2,(H,26,29)(H,27,30)(H,31,32)/t19-,20-/m1/s1. The minimum Gasteiger partial charge on any atom is -0.465 e. The van der Waals surface area contributed by atoms with Gasteiger partial charge in [-0.25, -0.2) is 4.79 Å². The smallest absolute Gasteiger partial charge is 0.407 e. The van der Waals surface area contributed by atoms with Gasteiger partial charge >= 0.3 is 6.09 Å². The first-order valence-electron chi connectivity index (χ1n) is 10.4. The summed E-state index contributed by atoms with van der Waals surface area (Å²) in [7, 11) is 0. The van der Waals surface area contributed by atoms with Crippen molar-refractivity contribution in [1.29, 1.82) is 0 Å². The van der Waals surface area contributed by atoms with E-state index in [0.29, 0.717) is 36.0 Å². The van der Waals surface area contributed by atoms with Gasteiger partial charge in [-0.15, -0.1) is 0 Å². The number of nitrogens with zero attached hydrogens (tertiary/aromatic N) is 1. The Morgan fingerprint density at radius 1 is 0.781 bits per heavy atom. The van der Waals surface area contributed by atoms with E-state index >= 15 is 0 Å². The van der Waals surface area contributed by atoms with Crippen molar-refractivity contribution in [2.24, 2.45) is 11.8 Å². The number of rotatable bonds is 8. The van der Waals surface area contributed by atoms with Crippen LogP contribution in [0.4, 0.5) is 4.79 Å². The molecule has 7 nitrogen and oxygen atoms in total. The molecule has 3 rings (SSSR count). The fraction of sp³-hybridized carbons (Fsp3) is 0.348. The Kier molecular flexibility index (Phi) is 8.36. The Morgan fingerprint density at radius 3 is 1.50 bits per heavy atom. The first-order chi connectivity index (χ1) is 15.3. The molecule has 3 N–H and O–H groups in total. The van der Waals surface area contributed by atoms with Crippen molar-refractivity contribution in [1.82, 2.24) is 15.5 Å². The Hall–Kier alpha value is -2.77. The number of nitrogens with one attached hydrogen (secondary N) is 2. The summed E-state index contributed by atoms with van der Waals surface area (Å²) in [4.78, 5) is 38.1. The summed E-state index contributed by atoms with van der Waals surface area (Å²) in [6.45, 7) is 0.763. The van der Waals surface area contributed by atoms with E-state index in [1.165, 1.54) is 0 Å². The average Bonchev–Trinajstić information content (AvgIpc) is 3.22. The Balaban J connectivity index is 1.53. The molecule has 3 amide bonds. The lowest BCUT2D eigenvalue weighted by Crippen LogP contribution is -2.42. The second kappa shape index (κ2) is 11.2. The molecule has 9 heteroatoms. The molecule has 0 unspecified atom stereocenters. The number of likely N-dealkylation sites (tertiary alicyclic amines) is 1. The van der Waals surface area contributed by atoms with Crippen LogP contribution in [0, 0.1) is 11.8 Å². The van der Waals surface area contributed by atoms with Crippen molar-refractivity contribution in [3.05, 3.63) is 69.7 Å². The fourth-order valence-corrected chi connectivity index (χ4v) is 3.97. The molecule has 170 valence electrons. The van der Waals surface area contributed by atoms with Gasteiger partial charge in [-0.05, 0) is 48.2 Å². The van der Waals surface area contributed by atoms with E-state index in [4.69, 9.17) is 23.2 Å². The van der Waals surface area contributed by atoms with Crippen LogP contribution in [0.2, 0.25) is 10.0 Å². The van der Waals surface area contributed by atoms with Gasteiger partial charge in [0.25, 0.3) is 0 Å². The highest BCUT2D eigenvalue weighted by Crippen LogP contribution is 2.24. The van der Waals surface area contributed by atoms with E-state index < -0.39 is 17.9 Å². The molecule has 0 aliphatic carbocycles. The van der Waals surface area contributed by atoms with Gasteiger partial charge in [-0.2, -0.15) is 0 Å². The van der Waals surface area contributed by atoms with Crippen molar-refractivity contribution in [3.63, 3.8) is 0 Å². The molecule has 2 atom stereocenters. The lowest BCUT2D eigenvalue weighted by molar-refractivity contribution is -0.132. The molecule has 0 saturated carbocycles. The quantitative estimate of drug-likeness (QED) is 0.543. The van der Waals surface area contributed by atoms with Crippen molar-refractivity contribution >= 4 is 41.1 Å². The molecule has 32 heavy (non-hydrogen) atoms. The average molecular weight is 478 g/mol. The van der Waals surface area contributed by atoms with E-state index in [0.717, 1.165) is 16.0 Å². The maximum absolute atomic E-state index is 12.8. The number of amides is 3. The zero-order valence-electron chi connectivity index (χ0n) is 17.4. The highest BCUT2D eigenvalue weighted by molar-refractivity contribution is 6.30. The van der Waals surface area contributed by atoms with Gasteiger partial charge in [0.2, 0.25) is 11.8 Å². The molecular weight excluding hydrogens is 453 g/mol. The number of carboxylic acid groups (broad SMARTS) is 1. The third-order valence-corrected chi connectivity index (χ3v) is 6.02. The molecule has 0 bridgehead atoms. The number of hydrogen-bond acceptors (Lipinski definition) is 3. The van der Waals surface area contributed by atoms with Crippen LogP contribution >= 0.6 is 23.2 Å². The Bertz CT molecular complexity index is 879. The predicted octanol–water partition coefficient (Wildman–Crippen LogP) is 3.24. The number of halogens is 2. The lowest BCUT2D eigenvalue weighted by atomic mass is 9.94. The van der Waals surface area contributed by atoms with Crippen LogP contribution < -0.4 is 10.6 Å². The van der Waals surface area contributed by atoms with Crippen molar-refractivity contribution in [2.45, 2.75) is 12.8 Å². The molecule has 0 radical (unpaired) electrons. The third-order valence-electron chi connectivity index (χ3n) is 5.52. The van der Waals surface area contributed by atoms with E-state index in [9.17, 15) is 19.5 Å². The number of carbonyl (C=O) groups is 3. The van der Waals surface area contributed by atoms with Crippen LogP contribution in [0.15, 0.2) is 48.5 Å². The monoisotopic (exact) mass is 477 g/mol. The maximum Gasteiger partial charge on any atom is 0.407 e. The van der Waals surface area contributed by atoms with Crippen molar-refractivity contribution < 1.29 is 19.5 Å². The van der Waals surface area contributed by atoms with Gasteiger partial charge in [-0.3, -0.25) is 9.59 Å². The number of hydrogen-bond donors (Lipinski definition) is 3. The zero-order valence-corrected chi connectivity index (χ0v) is 18.9. The normalized spacial score (nSPS) is 17.8. The molecule has 2 aromatic rings. The summed E-state index contributed by atoms with van der Waals surface area (Å²) in [5.41, 5.74) is 2.04. The molecule has 1 heterocycles. The van der Waals surface area contributed by atoms with Crippen molar-refractivity contribution in [2.75, 3.05) is 26.2 Å². The topological polar surface area (TPSA) is 98.7 Å². The maximum atomic E-state index is 12.8. The summed E-state index contributed by atoms with van der Waals surface area (Å²) in [5.74, 6) is -2.10. The largest absolute Gasteiger partial charge is 0.465 e. The summed E-state index contributed by atoms with van der Waals surface area (Å²) in [6.07, 6.45) is 0.0762. The van der Waals surface area contributed by atoms with Gasteiger partial charge in [-0.1, -0.05) is 47.5 Å². The van der Waals surface area contributed by atoms with Gasteiger partial charge < -0.3 is 20.6 Å². The molecule has 0 aromatic heterocycles. The molecule has 1 aliphatic heterocycles. The van der Waals surface area contributed by atoms with Crippen LogP contribution in [0.5, 0.6) is 0 Å². The molecule has 1 aliphatic rings. The lowest BCUT2D eigenvalue weighted by Gasteiger charge is -2.17. The van der Waals surface area contributed by atoms with Crippen molar-refractivity contribution in [3.8, 4) is 0 Å². The Morgan fingerprint density at radius 2 is 1.16 bits per heavy atom. The zero-order chi connectivity index (χ0) is 23.1. The highest BCUT2D eigenvalue weighted by Gasteiger charge is 2.43. The first-order valence-corrected chi connectivity index (χ1v) is 11.1. The molecule has 1 saturated heterocycles. The minimum absolute atomic E-state index is 0.00260. The van der Waals surface area contributed by atoms with Gasteiger partial charge in [0.05, 0.1) is 11.8 Å². The first kappa shape index (κ1) is 23.9. The molecular formula is C23H25Cl2N3O4. The molecule has 1 fully saturated rings. The van der Waals surface area contributed by atoms with E-state index in [2.05, 4.69) is 10.6 Å². The third kappa shape index (κ3) is 6.61. The summed E-state index contributed by atoms with van der Waals surface area (Å²) in [5, 5.41) is 16.3. The van der Waals surface area contributed by atoms with Crippen LogP contribution in [-0.2, 0) is 22.4 Å². The second-order valence-corrected chi connectivity index (χ2v) is 8.61. The molecule has 2 aromatic carbocycles. The number of benzene rings is 2. The van der Waals surface area contributed by atoms with Gasteiger partial charge in [0.1, 0.15) is 0 Å². The van der Waals surface area contributed by atoms with Crippen LogP contribution in [-0.4, -0.2) is 54.1 Å². The van der Waals surface area contributed by atoms with E-state index in [1.807, 2.05) is 24.3 Å². The van der Waals surface area contributed by atoms with Gasteiger partial charge in [0, 0.05) is 36.2 Å². The van der Waals surface area contributed by atoms with Crippen LogP contribution in [0.25, 0.3) is 0 Å². The summed E-state index contributed by atoms with van der Waals surface area (Å²) in [6, 6.07) is 14.7. The number of carbonyl (C=O) groups excluding carboxylic acids is 2. The predicted molar refractivity (Wildman–Crippen MR) is 123 cm³/mol. The van der Waals surface area contributed by atoms with Crippen LogP contribution in [0.1, 0.15) is 11.1 Å². The Labute approximate surface area is 196 Å². The fourth-order valence-electron chi connectivity index (χ4n) is 3.72. The highest BCUT2D eigenvalue weighted by atomic mass is 35.5. The minimum atomic E-state index is -1.14. The van der Waals surface area contributed by atoms with Gasteiger partial charge in [0.15, 0.2) is 0 Å². The SMILES string of the molecule is O=C(NCCc1ccc(Cl)cc1)[C@@H]1CN(C(=O)O)C[C@H]1C(=O)NCCc1ccc(Cl)cc1. The van der Waals surface area contributed by atoms with E-state index in [-0.39, 0.29) is 24.9 Å².